The first-order valence-electron chi connectivity index (χ1n) is 5.33. The van der Waals surface area contributed by atoms with E-state index in [4.69, 9.17) is 11.6 Å². The first kappa shape index (κ1) is 16.2. The quantitative estimate of drug-likeness (QED) is 0.562. The zero-order valence-corrected chi connectivity index (χ0v) is 12.2. The van der Waals surface area contributed by atoms with Gasteiger partial charge in [-0.25, -0.2) is 0 Å². The molecule has 2 aromatic rings. The molecule has 9 heteroatoms. The highest BCUT2D eigenvalue weighted by Crippen LogP contribution is 2.48. The summed E-state index contributed by atoms with van der Waals surface area (Å²) in [6.07, 6.45) is -10.3. The summed E-state index contributed by atoms with van der Waals surface area (Å²) in [7, 11) is 0. The largest absolute Gasteiger partial charge is 0.419 e. The molecule has 0 radical (unpaired) electrons. The van der Waals surface area contributed by atoms with Crippen molar-refractivity contribution < 1.29 is 26.3 Å². The van der Waals surface area contributed by atoms with Crippen molar-refractivity contribution in [3.05, 3.63) is 45.0 Å². The van der Waals surface area contributed by atoms with Gasteiger partial charge in [-0.3, -0.25) is 0 Å². The van der Waals surface area contributed by atoms with Crippen LogP contribution in [0.5, 0.6) is 0 Å². The molecule has 1 N–H and O–H groups in total. The SMILES string of the molecule is FC(F)(F)c1c(Br)[nH]c(-c2ccc(Cl)cc2)c1C(F)(F)F. The Morgan fingerprint density at radius 1 is 0.857 bits per heavy atom. The fourth-order valence-corrected chi connectivity index (χ4v) is 2.60. The van der Waals surface area contributed by atoms with Gasteiger partial charge in [0.05, 0.1) is 15.9 Å². The van der Waals surface area contributed by atoms with Crippen molar-refractivity contribution in [2.24, 2.45) is 0 Å². The maximum absolute atomic E-state index is 13.1. The Balaban J connectivity index is 2.76. The number of alkyl halides is 6. The fraction of sp³-hybridized carbons (Fsp3) is 0.167. The van der Waals surface area contributed by atoms with Crippen molar-refractivity contribution in [2.75, 3.05) is 0 Å². The average molecular weight is 393 g/mol. The maximum atomic E-state index is 13.1. The highest BCUT2D eigenvalue weighted by Gasteiger charge is 2.48. The number of nitrogens with one attached hydrogen (secondary N) is 1. The third-order valence-electron chi connectivity index (χ3n) is 2.65. The predicted octanol–water partition coefficient (Wildman–Crippen LogP) is 6.14. The fourth-order valence-electron chi connectivity index (χ4n) is 1.85. The minimum Gasteiger partial charge on any atom is -0.348 e. The smallest absolute Gasteiger partial charge is 0.348 e. The third-order valence-corrected chi connectivity index (χ3v) is 3.50. The lowest BCUT2D eigenvalue weighted by Gasteiger charge is -2.13. The summed E-state index contributed by atoms with van der Waals surface area (Å²) in [6.45, 7) is 0. The second-order valence-corrected chi connectivity index (χ2v) is 5.30. The van der Waals surface area contributed by atoms with Crippen molar-refractivity contribution in [1.29, 1.82) is 0 Å². The summed E-state index contributed by atoms with van der Waals surface area (Å²) in [5, 5.41) is 0.258. The molecule has 0 fully saturated rings. The molecule has 0 aliphatic heterocycles. The van der Waals surface area contributed by atoms with E-state index in [1.165, 1.54) is 24.3 Å². The third kappa shape index (κ3) is 3.21. The average Bonchev–Trinajstić information content (AvgIpc) is 2.67. The number of hydrogen-bond acceptors (Lipinski definition) is 0. The molecule has 0 bridgehead atoms. The molecule has 0 amide bonds. The van der Waals surface area contributed by atoms with Crippen LogP contribution in [0.3, 0.4) is 0 Å². The summed E-state index contributed by atoms with van der Waals surface area (Å²) in [5.41, 5.74) is -4.26. The van der Waals surface area contributed by atoms with E-state index < -0.39 is 33.8 Å². The van der Waals surface area contributed by atoms with Gasteiger partial charge in [0, 0.05) is 5.02 Å². The highest BCUT2D eigenvalue weighted by atomic mass is 79.9. The van der Waals surface area contributed by atoms with E-state index in [-0.39, 0.29) is 10.6 Å². The van der Waals surface area contributed by atoms with Crippen molar-refractivity contribution in [3.63, 3.8) is 0 Å². The van der Waals surface area contributed by atoms with E-state index in [1.807, 2.05) is 0 Å². The van der Waals surface area contributed by atoms with Gasteiger partial charge in [-0.2, -0.15) is 26.3 Å². The van der Waals surface area contributed by atoms with Crippen LogP contribution in [0, 0.1) is 0 Å². The Bertz CT molecular complexity index is 656. The van der Waals surface area contributed by atoms with Crippen LogP contribution in [0.15, 0.2) is 28.9 Å². The molecule has 114 valence electrons. The topological polar surface area (TPSA) is 15.8 Å². The second kappa shape index (κ2) is 5.24. The Morgan fingerprint density at radius 3 is 1.76 bits per heavy atom. The molecule has 0 unspecified atom stereocenters. The van der Waals surface area contributed by atoms with E-state index in [0.29, 0.717) is 0 Å². The zero-order valence-electron chi connectivity index (χ0n) is 9.83. The number of halogens is 8. The molecular formula is C12H5BrClF6N. The van der Waals surface area contributed by atoms with Gasteiger partial charge >= 0.3 is 12.4 Å². The van der Waals surface area contributed by atoms with E-state index in [9.17, 15) is 26.3 Å². The van der Waals surface area contributed by atoms with Crippen molar-refractivity contribution in [1.82, 2.24) is 4.98 Å². The summed E-state index contributed by atoms with van der Waals surface area (Å²) < 4.78 is 77.0. The number of aromatic amines is 1. The summed E-state index contributed by atoms with van der Waals surface area (Å²) >= 11 is 8.12. The van der Waals surface area contributed by atoms with Crippen LogP contribution in [0.4, 0.5) is 26.3 Å². The molecule has 0 saturated heterocycles. The lowest BCUT2D eigenvalue weighted by molar-refractivity contribution is -0.161. The standard InChI is InChI=1S/C12H5BrClF6N/c13-10-8(12(18,19)20)7(11(15,16)17)9(21-10)5-1-3-6(14)4-2-5/h1-4,21H. The number of aromatic nitrogens is 1. The van der Waals surface area contributed by atoms with Crippen LogP contribution < -0.4 is 0 Å². The predicted molar refractivity (Wildman–Crippen MR) is 68.9 cm³/mol. The zero-order chi connectivity index (χ0) is 16.0. The van der Waals surface area contributed by atoms with E-state index in [2.05, 4.69) is 20.9 Å². The van der Waals surface area contributed by atoms with Crippen LogP contribution in [0.1, 0.15) is 11.1 Å². The van der Waals surface area contributed by atoms with Crippen LogP contribution in [-0.2, 0) is 12.4 Å². The van der Waals surface area contributed by atoms with Gasteiger partial charge in [-0.1, -0.05) is 23.7 Å². The molecule has 1 aromatic heterocycles. The van der Waals surface area contributed by atoms with Gasteiger partial charge < -0.3 is 4.98 Å². The number of hydrogen-bond donors (Lipinski definition) is 1. The molecule has 0 spiro atoms. The van der Waals surface area contributed by atoms with Crippen LogP contribution in [0.2, 0.25) is 5.02 Å². The monoisotopic (exact) mass is 391 g/mol. The van der Waals surface area contributed by atoms with Gasteiger partial charge in [0.15, 0.2) is 0 Å². The lowest BCUT2D eigenvalue weighted by Crippen LogP contribution is -2.15. The van der Waals surface area contributed by atoms with Gasteiger partial charge in [-0.15, -0.1) is 0 Å². The summed E-state index contributed by atoms with van der Waals surface area (Å²) in [4.78, 5) is 2.10. The van der Waals surface area contributed by atoms with E-state index in [1.54, 1.807) is 0 Å². The number of rotatable bonds is 1. The Kier molecular flexibility index (Phi) is 4.05. The molecule has 0 atom stereocenters. The first-order valence-corrected chi connectivity index (χ1v) is 6.50. The number of benzene rings is 1. The maximum Gasteiger partial charge on any atom is 0.419 e. The lowest BCUT2D eigenvalue weighted by atomic mass is 10.0. The second-order valence-electron chi connectivity index (χ2n) is 4.07. The number of H-pyrrole nitrogens is 1. The minimum atomic E-state index is -5.16. The Morgan fingerprint density at radius 2 is 1.33 bits per heavy atom. The van der Waals surface area contributed by atoms with E-state index >= 15 is 0 Å². The Hall–Kier alpha value is -1.15. The van der Waals surface area contributed by atoms with Gasteiger partial charge in [-0.05, 0) is 33.6 Å². The Labute approximate surface area is 128 Å². The molecular weight excluding hydrogens is 387 g/mol. The molecule has 1 heterocycles. The molecule has 1 aromatic carbocycles. The van der Waals surface area contributed by atoms with Crippen LogP contribution in [0.25, 0.3) is 11.3 Å². The van der Waals surface area contributed by atoms with Crippen molar-refractivity contribution in [3.8, 4) is 11.3 Å². The van der Waals surface area contributed by atoms with Crippen LogP contribution in [-0.4, -0.2) is 4.98 Å². The van der Waals surface area contributed by atoms with Crippen LogP contribution >= 0.6 is 27.5 Å². The van der Waals surface area contributed by atoms with Crippen molar-refractivity contribution in [2.45, 2.75) is 12.4 Å². The summed E-state index contributed by atoms with van der Waals surface area (Å²) in [5.74, 6) is 0. The molecule has 21 heavy (non-hydrogen) atoms. The molecule has 0 aliphatic rings. The molecule has 2 rings (SSSR count). The molecule has 0 aliphatic carbocycles. The summed E-state index contributed by atoms with van der Waals surface area (Å²) in [6, 6.07) is 4.99. The van der Waals surface area contributed by atoms with E-state index in [0.717, 1.165) is 0 Å². The highest BCUT2D eigenvalue weighted by molar-refractivity contribution is 9.10. The van der Waals surface area contributed by atoms with Gasteiger partial charge in [0.2, 0.25) is 0 Å². The molecule has 1 nitrogen and oxygen atoms in total. The minimum absolute atomic E-state index is 0.0528. The molecule has 0 saturated carbocycles. The first-order chi connectivity index (χ1) is 9.51. The van der Waals surface area contributed by atoms with Gasteiger partial charge in [0.1, 0.15) is 5.56 Å². The normalized spacial score (nSPS) is 12.8. The van der Waals surface area contributed by atoms with Gasteiger partial charge in [0.25, 0.3) is 0 Å². The van der Waals surface area contributed by atoms with Crippen molar-refractivity contribution >= 4 is 27.5 Å².